The molecule has 0 saturated carbocycles. The number of aromatic nitrogens is 3. The molecule has 10 heteroatoms. The highest BCUT2D eigenvalue weighted by molar-refractivity contribution is 7.13. The molecule has 0 aromatic carbocycles. The number of amides is 2. The quantitative estimate of drug-likeness (QED) is 0.743. The minimum absolute atomic E-state index is 0.0324. The van der Waals surface area contributed by atoms with Crippen LogP contribution in [0.15, 0.2) is 28.5 Å². The summed E-state index contributed by atoms with van der Waals surface area (Å²) in [7, 11) is 0. The lowest BCUT2D eigenvalue weighted by molar-refractivity contribution is -0.125. The lowest BCUT2D eigenvalue weighted by Gasteiger charge is -2.46. The van der Waals surface area contributed by atoms with Gasteiger partial charge < -0.3 is 20.1 Å². The average molecular weight is 414 g/mol. The molecule has 3 aliphatic rings. The number of anilines is 1. The number of carbonyl (C=O) groups excluding carboxylic acids is 2. The molecule has 0 unspecified atom stereocenters. The molecule has 9 nitrogen and oxygen atoms in total. The number of rotatable bonds is 4. The molecule has 29 heavy (non-hydrogen) atoms. The summed E-state index contributed by atoms with van der Waals surface area (Å²) in [5.41, 5.74) is 2.71. The van der Waals surface area contributed by atoms with Crippen LogP contribution in [-0.4, -0.2) is 52.3 Å². The van der Waals surface area contributed by atoms with Crippen molar-refractivity contribution in [2.24, 2.45) is 5.92 Å². The van der Waals surface area contributed by atoms with Gasteiger partial charge in [-0.2, -0.15) is 0 Å². The van der Waals surface area contributed by atoms with Gasteiger partial charge in [0.15, 0.2) is 0 Å². The molecule has 152 valence electrons. The third kappa shape index (κ3) is 3.31. The second-order valence-electron chi connectivity index (χ2n) is 7.95. The summed E-state index contributed by atoms with van der Waals surface area (Å²) in [6.07, 6.45) is 1.87. The molecule has 5 rings (SSSR count). The van der Waals surface area contributed by atoms with Crippen molar-refractivity contribution in [3.05, 3.63) is 39.8 Å². The van der Waals surface area contributed by atoms with E-state index >= 15 is 0 Å². The van der Waals surface area contributed by atoms with Gasteiger partial charge in [0.25, 0.3) is 5.56 Å². The molecular weight excluding hydrogens is 392 g/mol. The van der Waals surface area contributed by atoms with E-state index in [0.29, 0.717) is 19.4 Å². The van der Waals surface area contributed by atoms with Gasteiger partial charge in [-0.25, -0.2) is 0 Å². The van der Waals surface area contributed by atoms with Crippen LogP contribution in [0.5, 0.6) is 0 Å². The molecule has 3 aliphatic heterocycles. The topological polar surface area (TPSA) is 109 Å². The lowest BCUT2D eigenvalue weighted by atomic mass is 9.78. The number of piperidine rings is 1. The van der Waals surface area contributed by atoms with Gasteiger partial charge in [-0.15, -0.1) is 10.2 Å². The van der Waals surface area contributed by atoms with Crippen molar-refractivity contribution < 1.29 is 9.59 Å². The van der Waals surface area contributed by atoms with Crippen LogP contribution in [-0.2, 0) is 9.59 Å². The fourth-order valence-electron chi connectivity index (χ4n) is 4.90. The molecule has 2 saturated heterocycles. The molecule has 4 atom stereocenters. The van der Waals surface area contributed by atoms with Gasteiger partial charge in [0.05, 0.1) is 6.04 Å². The number of hydrogen-bond acceptors (Lipinski definition) is 7. The summed E-state index contributed by atoms with van der Waals surface area (Å²) in [6.45, 7) is 1.94. The van der Waals surface area contributed by atoms with Crippen LogP contribution in [0.2, 0.25) is 0 Å². The lowest BCUT2D eigenvalue weighted by Crippen LogP contribution is -2.53. The highest BCUT2D eigenvalue weighted by Crippen LogP contribution is 2.42. The maximum Gasteiger partial charge on any atom is 0.251 e. The predicted octanol–water partition coefficient (Wildman–Crippen LogP) is 0.259. The molecule has 2 N–H and O–H groups in total. The minimum atomic E-state index is -0.477. The van der Waals surface area contributed by atoms with Crippen LogP contribution in [0.25, 0.3) is 0 Å². The first-order valence-electron chi connectivity index (χ1n) is 9.90. The Labute approximate surface area is 171 Å². The Kier molecular flexibility index (Phi) is 4.57. The predicted molar refractivity (Wildman–Crippen MR) is 107 cm³/mol. The maximum atomic E-state index is 12.7. The molecule has 2 aromatic rings. The van der Waals surface area contributed by atoms with Crippen molar-refractivity contribution in [3.8, 4) is 0 Å². The molecule has 2 amide bonds. The van der Waals surface area contributed by atoms with E-state index in [1.807, 2.05) is 16.7 Å². The fourth-order valence-corrected chi connectivity index (χ4v) is 5.49. The number of hydrogen-bond donors (Lipinski definition) is 2. The molecular formula is C19H22N6O3S. The van der Waals surface area contributed by atoms with Gasteiger partial charge in [-0.05, 0) is 24.8 Å². The summed E-state index contributed by atoms with van der Waals surface area (Å²) < 4.78 is 1.86. The molecule has 0 aliphatic carbocycles. The Morgan fingerprint density at radius 1 is 1.31 bits per heavy atom. The SMILES string of the molecule is O=C1CC[C@H](C(=O)NC[C@H]2[C@H]3C[C@H](CN(c4nncs4)C3)c3cccc(=O)n32)N1. The van der Waals surface area contributed by atoms with Crippen LogP contribution in [0.1, 0.15) is 36.9 Å². The van der Waals surface area contributed by atoms with E-state index in [2.05, 4.69) is 25.7 Å². The Hall–Kier alpha value is -2.75. The van der Waals surface area contributed by atoms with Crippen LogP contribution >= 0.6 is 11.3 Å². The standard InChI is InChI=1S/C19H22N6O3S/c26-16-5-4-13(22-16)18(28)20-7-15-12-6-11(14-2-1-3-17(27)25(14)15)8-24(9-12)19-23-21-10-29-19/h1-3,10-13,15H,4-9H2,(H,20,28)(H,22,26)/t11-,12+,13-,15+/m1/s1. The van der Waals surface area contributed by atoms with Crippen LogP contribution < -0.4 is 21.1 Å². The van der Waals surface area contributed by atoms with Crippen molar-refractivity contribution in [2.45, 2.75) is 37.3 Å². The molecule has 2 fully saturated rings. The van der Waals surface area contributed by atoms with Crippen molar-refractivity contribution in [3.63, 3.8) is 0 Å². The van der Waals surface area contributed by atoms with Gasteiger partial charge in [0.1, 0.15) is 11.6 Å². The molecule has 5 heterocycles. The molecule has 0 radical (unpaired) electrons. The van der Waals surface area contributed by atoms with E-state index in [9.17, 15) is 14.4 Å². The van der Waals surface area contributed by atoms with E-state index in [1.54, 1.807) is 11.6 Å². The van der Waals surface area contributed by atoms with Crippen molar-refractivity contribution >= 4 is 28.3 Å². The number of fused-ring (bicyclic) bond motifs is 4. The number of nitrogens with one attached hydrogen (secondary N) is 2. The first-order valence-corrected chi connectivity index (χ1v) is 10.8. The van der Waals surface area contributed by atoms with Gasteiger partial charge in [-0.3, -0.25) is 14.4 Å². The summed E-state index contributed by atoms with van der Waals surface area (Å²) in [4.78, 5) is 38.9. The molecule has 2 aromatic heterocycles. The highest BCUT2D eigenvalue weighted by Gasteiger charge is 2.41. The molecule has 2 bridgehead atoms. The highest BCUT2D eigenvalue weighted by atomic mass is 32.1. The normalized spacial score (nSPS) is 28.0. The second-order valence-corrected chi connectivity index (χ2v) is 8.76. The Morgan fingerprint density at radius 2 is 2.21 bits per heavy atom. The first-order chi connectivity index (χ1) is 14.1. The van der Waals surface area contributed by atoms with Gasteiger partial charge in [0, 0.05) is 43.7 Å². The summed E-state index contributed by atoms with van der Waals surface area (Å²) in [5, 5.41) is 14.7. The zero-order valence-corrected chi connectivity index (χ0v) is 16.6. The van der Waals surface area contributed by atoms with Crippen LogP contribution in [0.4, 0.5) is 5.13 Å². The van der Waals surface area contributed by atoms with Crippen LogP contribution in [0, 0.1) is 5.92 Å². The summed E-state index contributed by atoms with van der Waals surface area (Å²) in [6, 6.07) is 4.79. The minimum Gasteiger partial charge on any atom is -0.352 e. The summed E-state index contributed by atoms with van der Waals surface area (Å²) in [5.74, 6) is 0.184. The third-order valence-corrected chi connectivity index (χ3v) is 6.97. The number of carbonyl (C=O) groups is 2. The first kappa shape index (κ1) is 18.3. The van der Waals surface area contributed by atoms with E-state index < -0.39 is 6.04 Å². The molecule has 0 spiro atoms. The average Bonchev–Trinajstić information content (AvgIpc) is 3.40. The monoisotopic (exact) mass is 414 g/mol. The Bertz CT molecular complexity index is 990. The van der Waals surface area contributed by atoms with Crippen LogP contribution in [0.3, 0.4) is 0 Å². The van der Waals surface area contributed by atoms with Gasteiger partial charge >= 0.3 is 0 Å². The zero-order valence-electron chi connectivity index (χ0n) is 15.8. The largest absolute Gasteiger partial charge is 0.352 e. The fraction of sp³-hybridized carbons (Fsp3) is 0.526. The zero-order chi connectivity index (χ0) is 20.0. The maximum absolute atomic E-state index is 12.7. The third-order valence-electron chi connectivity index (χ3n) is 6.21. The van der Waals surface area contributed by atoms with Gasteiger partial charge in [-0.1, -0.05) is 17.4 Å². The van der Waals surface area contributed by atoms with E-state index in [4.69, 9.17) is 0 Å². The number of pyridine rings is 1. The summed E-state index contributed by atoms with van der Waals surface area (Å²) >= 11 is 1.51. The van der Waals surface area contributed by atoms with Crippen molar-refractivity contribution in [2.75, 3.05) is 24.5 Å². The second kappa shape index (κ2) is 7.25. The van der Waals surface area contributed by atoms with Gasteiger partial charge in [0.2, 0.25) is 16.9 Å². The van der Waals surface area contributed by atoms with E-state index in [-0.39, 0.29) is 35.3 Å². The Balaban J connectivity index is 1.41. The Morgan fingerprint density at radius 3 is 2.97 bits per heavy atom. The van der Waals surface area contributed by atoms with E-state index in [1.165, 1.54) is 11.3 Å². The number of nitrogens with zero attached hydrogens (tertiary/aromatic N) is 4. The van der Waals surface area contributed by atoms with Crippen molar-refractivity contribution in [1.82, 2.24) is 25.4 Å². The smallest absolute Gasteiger partial charge is 0.251 e. The van der Waals surface area contributed by atoms with E-state index in [0.717, 1.165) is 30.3 Å². The van der Waals surface area contributed by atoms with Crippen molar-refractivity contribution in [1.29, 1.82) is 0 Å².